The minimum Gasteiger partial charge on any atom is -0.300 e. The molecule has 108 valence electrons. The van der Waals surface area contributed by atoms with Gasteiger partial charge in [0.1, 0.15) is 0 Å². The van der Waals surface area contributed by atoms with Crippen LogP contribution in [0.1, 0.15) is 85.5 Å². The van der Waals surface area contributed by atoms with Gasteiger partial charge in [0.05, 0.1) is 0 Å². The first-order valence-corrected chi connectivity index (χ1v) is 8.27. The molecule has 0 unspecified atom stereocenters. The molecule has 1 fully saturated rings. The van der Waals surface area contributed by atoms with Crippen LogP contribution in [0.5, 0.6) is 0 Å². The van der Waals surface area contributed by atoms with Gasteiger partial charge in [-0.05, 0) is 50.6 Å². The van der Waals surface area contributed by atoms with Crippen LogP contribution in [0.15, 0.2) is 0 Å². The molecule has 0 heterocycles. The van der Waals surface area contributed by atoms with Crippen LogP contribution >= 0.6 is 0 Å². The van der Waals surface area contributed by atoms with E-state index >= 15 is 0 Å². The van der Waals surface area contributed by atoms with Crippen molar-refractivity contribution in [1.29, 1.82) is 0 Å². The van der Waals surface area contributed by atoms with Gasteiger partial charge in [-0.1, -0.05) is 53.4 Å². The molecule has 0 spiro atoms. The van der Waals surface area contributed by atoms with Crippen LogP contribution in [0.3, 0.4) is 0 Å². The van der Waals surface area contributed by atoms with Gasteiger partial charge in [0.2, 0.25) is 0 Å². The lowest BCUT2D eigenvalue weighted by molar-refractivity contribution is 0.151. The Morgan fingerprint density at radius 3 is 2.17 bits per heavy atom. The van der Waals surface area contributed by atoms with Crippen LogP contribution in [0.25, 0.3) is 0 Å². The van der Waals surface area contributed by atoms with Gasteiger partial charge in [0.25, 0.3) is 0 Å². The monoisotopic (exact) mass is 253 g/mol. The highest BCUT2D eigenvalue weighted by molar-refractivity contribution is 4.76. The van der Waals surface area contributed by atoms with E-state index in [4.69, 9.17) is 0 Å². The summed E-state index contributed by atoms with van der Waals surface area (Å²) in [5, 5.41) is 0. The van der Waals surface area contributed by atoms with E-state index in [2.05, 4.69) is 32.6 Å². The van der Waals surface area contributed by atoms with Gasteiger partial charge < -0.3 is 4.90 Å². The molecule has 1 saturated carbocycles. The van der Waals surface area contributed by atoms with E-state index in [0.29, 0.717) is 5.41 Å². The van der Waals surface area contributed by atoms with Crippen molar-refractivity contribution in [1.82, 2.24) is 4.90 Å². The Morgan fingerprint density at radius 1 is 0.944 bits per heavy atom. The Bertz CT molecular complexity index is 198. The number of rotatable bonds is 7. The van der Waals surface area contributed by atoms with Gasteiger partial charge in [-0.3, -0.25) is 0 Å². The first-order valence-electron chi connectivity index (χ1n) is 8.27. The zero-order chi connectivity index (χ0) is 13.4. The number of hydrogen-bond acceptors (Lipinski definition) is 1. The molecule has 1 aliphatic carbocycles. The Kier molecular flexibility index (Phi) is 7.29. The number of nitrogens with zero attached hydrogens (tertiary/aromatic N) is 1. The van der Waals surface area contributed by atoms with Crippen LogP contribution in [-0.2, 0) is 0 Å². The summed E-state index contributed by atoms with van der Waals surface area (Å²) >= 11 is 0. The molecule has 0 atom stereocenters. The minimum absolute atomic E-state index is 0.514. The van der Waals surface area contributed by atoms with E-state index in [0.717, 1.165) is 6.04 Å². The predicted molar refractivity (Wildman–Crippen MR) is 82.0 cm³/mol. The maximum atomic E-state index is 2.79. The molecule has 0 radical (unpaired) electrons. The molecule has 0 aromatic heterocycles. The maximum Gasteiger partial charge on any atom is 0.00952 e. The maximum absolute atomic E-state index is 2.79. The molecule has 0 aliphatic heterocycles. The van der Waals surface area contributed by atoms with E-state index in [1.165, 1.54) is 70.9 Å². The average molecular weight is 253 g/mol. The van der Waals surface area contributed by atoms with Crippen molar-refractivity contribution < 1.29 is 0 Å². The van der Waals surface area contributed by atoms with Crippen molar-refractivity contribution >= 4 is 0 Å². The van der Waals surface area contributed by atoms with E-state index in [-0.39, 0.29) is 0 Å². The molecule has 1 nitrogen and oxygen atoms in total. The van der Waals surface area contributed by atoms with E-state index in [9.17, 15) is 0 Å². The summed E-state index contributed by atoms with van der Waals surface area (Å²) < 4.78 is 0. The van der Waals surface area contributed by atoms with Gasteiger partial charge in [-0.15, -0.1) is 0 Å². The Morgan fingerprint density at radius 2 is 1.61 bits per heavy atom. The summed E-state index contributed by atoms with van der Waals surface area (Å²) in [6, 6.07) is 0.910. The predicted octanol–water partition coefficient (Wildman–Crippen LogP) is 5.25. The van der Waals surface area contributed by atoms with E-state index in [1.807, 2.05) is 0 Å². The summed E-state index contributed by atoms with van der Waals surface area (Å²) in [5.41, 5.74) is 0.514. The zero-order valence-corrected chi connectivity index (χ0v) is 13.3. The summed E-state index contributed by atoms with van der Waals surface area (Å²) in [7, 11) is 0. The van der Waals surface area contributed by atoms with Crippen LogP contribution in [0, 0.1) is 5.41 Å². The van der Waals surface area contributed by atoms with Crippen molar-refractivity contribution in [2.45, 2.75) is 91.5 Å². The van der Waals surface area contributed by atoms with Crippen molar-refractivity contribution in [3.63, 3.8) is 0 Å². The molecule has 0 bridgehead atoms. The lowest BCUT2D eigenvalue weighted by Crippen LogP contribution is -2.38. The molecule has 1 aliphatic rings. The minimum atomic E-state index is 0.514. The van der Waals surface area contributed by atoms with Gasteiger partial charge in [-0.25, -0.2) is 0 Å². The van der Waals surface area contributed by atoms with Crippen molar-refractivity contribution in [3.05, 3.63) is 0 Å². The molecular formula is C17H35N. The quantitative estimate of drug-likeness (QED) is 0.560. The first kappa shape index (κ1) is 16.0. The average Bonchev–Trinajstić information content (AvgIpc) is 2.33. The third kappa shape index (κ3) is 6.78. The molecule has 0 aromatic rings. The Labute approximate surface area is 115 Å². The molecule has 0 N–H and O–H groups in total. The van der Waals surface area contributed by atoms with Gasteiger partial charge >= 0.3 is 0 Å². The largest absolute Gasteiger partial charge is 0.300 e. The second-order valence-corrected chi connectivity index (χ2v) is 7.35. The summed E-state index contributed by atoms with van der Waals surface area (Å²) in [6.07, 6.45) is 12.8. The number of hydrogen-bond donors (Lipinski definition) is 0. The summed E-state index contributed by atoms with van der Waals surface area (Å²) in [4.78, 5) is 2.79. The van der Waals surface area contributed by atoms with Gasteiger partial charge in [0.15, 0.2) is 0 Å². The van der Waals surface area contributed by atoms with Crippen LogP contribution in [0.2, 0.25) is 0 Å². The highest BCUT2D eigenvalue weighted by Crippen LogP contribution is 2.25. The molecule has 18 heavy (non-hydrogen) atoms. The second-order valence-electron chi connectivity index (χ2n) is 7.35. The van der Waals surface area contributed by atoms with Gasteiger partial charge in [-0.2, -0.15) is 0 Å². The summed E-state index contributed by atoms with van der Waals surface area (Å²) in [6.45, 7) is 12.1. The van der Waals surface area contributed by atoms with Crippen LogP contribution in [0.4, 0.5) is 0 Å². The third-order valence-corrected chi connectivity index (χ3v) is 4.22. The SMILES string of the molecule is CCCN(CCCCC(C)(C)C)C1CCCCC1. The molecule has 0 saturated heterocycles. The number of unbranched alkanes of at least 4 members (excludes halogenated alkanes) is 1. The molecule has 1 rings (SSSR count). The first-order chi connectivity index (χ1) is 8.53. The Balaban J connectivity index is 2.24. The molecule has 1 heteroatoms. The zero-order valence-electron chi connectivity index (χ0n) is 13.3. The third-order valence-electron chi connectivity index (χ3n) is 4.22. The van der Waals surface area contributed by atoms with Gasteiger partial charge in [0, 0.05) is 6.04 Å². The van der Waals surface area contributed by atoms with E-state index in [1.54, 1.807) is 0 Å². The highest BCUT2D eigenvalue weighted by Gasteiger charge is 2.20. The van der Waals surface area contributed by atoms with Crippen LogP contribution < -0.4 is 0 Å². The van der Waals surface area contributed by atoms with E-state index < -0.39 is 0 Å². The smallest absolute Gasteiger partial charge is 0.00952 e. The lowest BCUT2D eigenvalue weighted by atomic mass is 9.89. The van der Waals surface area contributed by atoms with Crippen molar-refractivity contribution in [2.75, 3.05) is 13.1 Å². The fraction of sp³-hybridized carbons (Fsp3) is 1.00. The topological polar surface area (TPSA) is 3.24 Å². The molecule has 0 aromatic carbocycles. The normalized spacial score (nSPS) is 18.5. The fourth-order valence-electron chi connectivity index (χ4n) is 3.18. The lowest BCUT2D eigenvalue weighted by Gasteiger charge is -2.34. The fourth-order valence-corrected chi connectivity index (χ4v) is 3.18. The van der Waals surface area contributed by atoms with Crippen molar-refractivity contribution in [3.8, 4) is 0 Å². The summed E-state index contributed by atoms with van der Waals surface area (Å²) in [5.74, 6) is 0. The second kappa shape index (κ2) is 8.19. The highest BCUT2D eigenvalue weighted by atomic mass is 15.1. The molecular weight excluding hydrogens is 218 g/mol. The standard InChI is InChI=1S/C17H35N/c1-5-14-18(16-11-7-6-8-12-16)15-10-9-13-17(2,3)4/h16H,5-15H2,1-4H3. The Hall–Kier alpha value is -0.0400. The molecule has 0 amide bonds. The van der Waals surface area contributed by atoms with Crippen molar-refractivity contribution in [2.24, 2.45) is 5.41 Å². The van der Waals surface area contributed by atoms with Crippen LogP contribution in [-0.4, -0.2) is 24.0 Å².